The lowest BCUT2D eigenvalue weighted by atomic mass is 10.1. The van der Waals surface area contributed by atoms with Crippen LogP contribution in [-0.2, 0) is 4.79 Å². The summed E-state index contributed by atoms with van der Waals surface area (Å²) in [6.45, 7) is 1.71. The van der Waals surface area contributed by atoms with Gasteiger partial charge in [-0.2, -0.15) is 0 Å². The van der Waals surface area contributed by atoms with Gasteiger partial charge in [0.15, 0.2) is 0 Å². The fourth-order valence-corrected chi connectivity index (χ4v) is 1.27. The zero-order valence-corrected chi connectivity index (χ0v) is 8.93. The molecule has 1 aromatic carbocycles. The van der Waals surface area contributed by atoms with E-state index in [0.29, 0.717) is 5.69 Å². The number of carboxylic acids is 1. The number of hydrogen-bond donors (Lipinski definition) is 3. The van der Waals surface area contributed by atoms with Crippen molar-refractivity contribution in [2.75, 3.05) is 5.32 Å². The molecule has 0 spiro atoms. The topological polar surface area (TPSA) is 92.4 Å². The van der Waals surface area contributed by atoms with Crippen molar-refractivity contribution in [3.05, 3.63) is 29.8 Å². The third kappa shape index (κ3) is 3.36. The third-order valence-electron chi connectivity index (χ3n) is 1.94. The number of benzene rings is 1. The van der Waals surface area contributed by atoms with Crippen LogP contribution in [0, 0.1) is 0 Å². The summed E-state index contributed by atoms with van der Waals surface area (Å²) in [4.78, 5) is 22.3. The second kappa shape index (κ2) is 5.27. The van der Waals surface area contributed by atoms with Crippen molar-refractivity contribution in [3.63, 3.8) is 0 Å². The Morgan fingerprint density at radius 1 is 1.44 bits per heavy atom. The molecule has 1 atom stereocenters. The SMILES string of the molecule is CC(N)CC(=O)Nc1ccccc1C(=O)O. The lowest BCUT2D eigenvalue weighted by Crippen LogP contribution is -2.24. The number of nitrogens with two attached hydrogens (primary N) is 1. The van der Waals surface area contributed by atoms with Crippen molar-refractivity contribution in [1.82, 2.24) is 0 Å². The summed E-state index contributed by atoms with van der Waals surface area (Å²) in [6, 6.07) is 5.99. The van der Waals surface area contributed by atoms with Gasteiger partial charge in [-0.3, -0.25) is 4.79 Å². The molecule has 0 fully saturated rings. The Kier molecular flexibility index (Phi) is 4.02. The van der Waals surface area contributed by atoms with Gasteiger partial charge >= 0.3 is 5.97 Å². The van der Waals surface area contributed by atoms with Crippen molar-refractivity contribution in [3.8, 4) is 0 Å². The molecule has 5 heteroatoms. The quantitative estimate of drug-likeness (QED) is 0.710. The molecule has 0 radical (unpaired) electrons. The monoisotopic (exact) mass is 222 g/mol. The average Bonchev–Trinajstić information content (AvgIpc) is 2.16. The van der Waals surface area contributed by atoms with E-state index < -0.39 is 5.97 Å². The largest absolute Gasteiger partial charge is 0.478 e. The maximum atomic E-state index is 11.4. The van der Waals surface area contributed by atoms with E-state index >= 15 is 0 Å². The van der Waals surface area contributed by atoms with Crippen LogP contribution in [0.25, 0.3) is 0 Å². The average molecular weight is 222 g/mol. The number of anilines is 1. The number of para-hydroxylation sites is 1. The smallest absolute Gasteiger partial charge is 0.337 e. The van der Waals surface area contributed by atoms with Crippen LogP contribution in [0.5, 0.6) is 0 Å². The van der Waals surface area contributed by atoms with Crippen molar-refractivity contribution >= 4 is 17.6 Å². The van der Waals surface area contributed by atoms with Gasteiger partial charge in [0.2, 0.25) is 5.91 Å². The van der Waals surface area contributed by atoms with Crippen molar-refractivity contribution in [2.45, 2.75) is 19.4 Å². The minimum Gasteiger partial charge on any atom is -0.478 e. The lowest BCUT2D eigenvalue weighted by molar-refractivity contribution is -0.116. The van der Waals surface area contributed by atoms with Crippen LogP contribution in [0.2, 0.25) is 0 Å². The highest BCUT2D eigenvalue weighted by Crippen LogP contribution is 2.15. The summed E-state index contributed by atoms with van der Waals surface area (Å²) in [5.74, 6) is -1.36. The Morgan fingerprint density at radius 3 is 2.62 bits per heavy atom. The third-order valence-corrected chi connectivity index (χ3v) is 1.94. The lowest BCUT2D eigenvalue weighted by Gasteiger charge is -2.09. The summed E-state index contributed by atoms with van der Waals surface area (Å²) in [5, 5.41) is 11.4. The molecule has 5 nitrogen and oxygen atoms in total. The Bertz CT molecular complexity index is 402. The van der Waals surface area contributed by atoms with Crippen molar-refractivity contribution in [2.24, 2.45) is 5.73 Å². The van der Waals surface area contributed by atoms with Gasteiger partial charge in [-0.05, 0) is 19.1 Å². The number of hydrogen-bond acceptors (Lipinski definition) is 3. The van der Waals surface area contributed by atoms with Crippen LogP contribution in [0.15, 0.2) is 24.3 Å². The van der Waals surface area contributed by atoms with Gasteiger partial charge in [-0.1, -0.05) is 12.1 Å². The molecule has 1 amide bonds. The molecule has 1 unspecified atom stereocenters. The number of aromatic carboxylic acids is 1. The molecule has 0 heterocycles. The standard InChI is InChI=1S/C11H14N2O3/c1-7(12)6-10(14)13-9-5-3-2-4-8(9)11(15)16/h2-5,7H,6,12H2,1H3,(H,13,14)(H,15,16). The van der Waals surface area contributed by atoms with Crippen LogP contribution in [-0.4, -0.2) is 23.0 Å². The van der Waals surface area contributed by atoms with E-state index in [9.17, 15) is 9.59 Å². The summed E-state index contributed by atoms with van der Waals surface area (Å²) in [6.07, 6.45) is 0.161. The number of carboxylic acid groups (broad SMARTS) is 1. The first-order valence-electron chi connectivity index (χ1n) is 4.88. The molecule has 1 aromatic rings. The molecule has 0 saturated heterocycles. The molecule has 0 aromatic heterocycles. The predicted molar refractivity (Wildman–Crippen MR) is 60.3 cm³/mol. The molecule has 1 rings (SSSR count). The van der Waals surface area contributed by atoms with E-state index in [0.717, 1.165) is 0 Å². The number of carbonyl (C=O) groups excluding carboxylic acids is 1. The Hall–Kier alpha value is -1.88. The van der Waals surface area contributed by atoms with Crippen molar-refractivity contribution in [1.29, 1.82) is 0 Å². The molecule has 0 saturated carbocycles. The summed E-state index contributed by atoms with van der Waals surface area (Å²) in [5.41, 5.74) is 5.83. The zero-order valence-electron chi connectivity index (χ0n) is 8.93. The van der Waals surface area contributed by atoms with Gasteiger partial charge < -0.3 is 16.2 Å². The maximum absolute atomic E-state index is 11.4. The van der Waals surface area contributed by atoms with Gasteiger partial charge in [0.25, 0.3) is 0 Å². The normalized spacial score (nSPS) is 11.9. The van der Waals surface area contributed by atoms with Gasteiger partial charge in [-0.25, -0.2) is 4.79 Å². The minimum absolute atomic E-state index is 0.0699. The van der Waals surface area contributed by atoms with E-state index in [1.54, 1.807) is 25.1 Å². The fraction of sp³-hybridized carbons (Fsp3) is 0.273. The number of carbonyl (C=O) groups is 2. The molecular formula is C11H14N2O3. The van der Waals surface area contributed by atoms with Gasteiger partial charge in [0.05, 0.1) is 11.3 Å². The van der Waals surface area contributed by atoms with Crippen LogP contribution in [0.4, 0.5) is 5.69 Å². The summed E-state index contributed by atoms with van der Waals surface area (Å²) in [7, 11) is 0. The highest BCUT2D eigenvalue weighted by molar-refractivity contribution is 6.00. The predicted octanol–water partition coefficient (Wildman–Crippen LogP) is 1.06. The molecule has 16 heavy (non-hydrogen) atoms. The first kappa shape index (κ1) is 12.2. The second-order valence-corrected chi connectivity index (χ2v) is 3.58. The molecule has 0 aliphatic carbocycles. The van der Waals surface area contributed by atoms with E-state index in [4.69, 9.17) is 10.8 Å². The number of nitrogens with one attached hydrogen (secondary N) is 1. The Morgan fingerprint density at radius 2 is 2.06 bits per heavy atom. The second-order valence-electron chi connectivity index (χ2n) is 3.58. The number of amides is 1. The minimum atomic E-state index is -1.07. The van der Waals surface area contributed by atoms with Gasteiger partial charge in [0, 0.05) is 12.5 Å². The fourth-order valence-electron chi connectivity index (χ4n) is 1.27. The van der Waals surface area contributed by atoms with Crippen LogP contribution in [0.1, 0.15) is 23.7 Å². The van der Waals surface area contributed by atoms with E-state index in [-0.39, 0.29) is 23.9 Å². The van der Waals surface area contributed by atoms with Crippen molar-refractivity contribution < 1.29 is 14.7 Å². The highest BCUT2D eigenvalue weighted by Gasteiger charge is 2.12. The Labute approximate surface area is 93.3 Å². The molecule has 4 N–H and O–H groups in total. The first-order valence-corrected chi connectivity index (χ1v) is 4.88. The van der Waals surface area contributed by atoms with Gasteiger partial charge in [0.1, 0.15) is 0 Å². The van der Waals surface area contributed by atoms with Crippen LogP contribution >= 0.6 is 0 Å². The number of rotatable bonds is 4. The summed E-state index contributed by atoms with van der Waals surface area (Å²) < 4.78 is 0. The van der Waals surface area contributed by atoms with E-state index in [1.165, 1.54) is 6.07 Å². The molecule has 86 valence electrons. The highest BCUT2D eigenvalue weighted by atomic mass is 16.4. The first-order chi connectivity index (χ1) is 7.50. The zero-order chi connectivity index (χ0) is 12.1. The van der Waals surface area contributed by atoms with E-state index in [1.807, 2.05) is 0 Å². The molecule has 0 aliphatic rings. The molecule has 0 aliphatic heterocycles. The molecule has 0 bridgehead atoms. The van der Waals surface area contributed by atoms with Crippen LogP contribution < -0.4 is 11.1 Å². The van der Waals surface area contributed by atoms with Crippen LogP contribution in [0.3, 0.4) is 0 Å². The Balaban J connectivity index is 2.81. The molecular weight excluding hydrogens is 208 g/mol. The van der Waals surface area contributed by atoms with E-state index in [2.05, 4.69) is 5.32 Å². The summed E-state index contributed by atoms with van der Waals surface area (Å²) >= 11 is 0. The maximum Gasteiger partial charge on any atom is 0.337 e. The van der Waals surface area contributed by atoms with Gasteiger partial charge in [-0.15, -0.1) is 0 Å².